The molecule has 5 nitrogen and oxygen atoms in total. The highest BCUT2D eigenvalue weighted by Gasteiger charge is 2.21. The molecule has 150 valence electrons. The van der Waals surface area contributed by atoms with Crippen molar-refractivity contribution in [2.75, 3.05) is 5.32 Å². The standard InChI is InChI=1S/C21H23F2NO4/c1-3-6-14(20(25)26)11-13-9-10-16(12(2)18(13)19(22)23)24-17-8-5-4-7-15(17)21(27)28/h4-10,19-20,24-26H,3,11H2,1-2H3,(H,27,28). The molecule has 0 saturated carbocycles. The Hall–Kier alpha value is -2.77. The van der Waals surface area contributed by atoms with Gasteiger partial charge in [0.1, 0.15) is 0 Å². The highest BCUT2D eigenvalue weighted by molar-refractivity contribution is 5.95. The second-order valence-electron chi connectivity index (χ2n) is 6.33. The van der Waals surface area contributed by atoms with Gasteiger partial charge in [0.15, 0.2) is 6.29 Å². The van der Waals surface area contributed by atoms with Crippen LogP contribution in [-0.4, -0.2) is 27.6 Å². The monoisotopic (exact) mass is 391 g/mol. The number of benzene rings is 2. The van der Waals surface area contributed by atoms with E-state index in [1.165, 1.54) is 19.1 Å². The smallest absolute Gasteiger partial charge is 0.337 e. The van der Waals surface area contributed by atoms with Crippen LogP contribution in [0.4, 0.5) is 20.2 Å². The number of para-hydroxylation sites is 1. The summed E-state index contributed by atoms with van der Waals surface area (Å²) in [5, 5.41) is 31.1. The van der Waals surface area contributed by atoms with Crippen LogP contribution in [0.5, 0.6) is 0 Å². The maximum Gasteiger partial charge on any atom is 0.337 e. The Morgan fingerprint density at radius 3 is 2.39 bits per heavy atom. The number of anilines is 2. The van der Waals surface area contributed by atoms with Crippen LogP contribution in [0.15, 0.2) is 48.0 Å². The average Bonchev–Trinajstić information content (AvgIpc) is 2.63. The van der Waals surface area contributed by atoms with Crippen LogP contribution >= 0.6 is 0 Å². The molecule has 0 saturated heterocycles. The second kappa shape index (κ2) is 9.43. The molecule has 7 heteroatoms. The van der Waals surface area contributed by atoms with Crippen LogP contribution in [-0.2, 0) is 6.42 Å². The van der Waals surface area contributed by atoms with E-state index in [1.54, 1.807) is 30.3 Å². The Kier molecular flexibility index (Phi) is 7.25. The van der Waals surface area contributed by atoms with E-state index >= 15 is 0 Å². The van der Waals surface area contributed by atoms with Gasteiger partial charge in [0, 0.05) is 11.3 Å². The van der Waals surface area contributed by atoms with E-state index in [4.69, 9.17) is 0 Å². The molecule has 2 aromatic rings. The lowest BCUT2D eigenvalue weighted by Gasteiger charge is -2.19. The van der Waals surface area contributed by atoms with Crippen LogP contribution in [0.2, 0.25) is 0 Å². The van der Waals surface area contributed by atoms with Crippen LogP contribution < -0.4 is 5.32 Å². The molecular formula is C21H23F2NO4. The molecule has 0 spiro atoms. The van der Waals surface area contributed by atoms with Crippen LogP contribution in [0.1, 0.15) is 46.8 Å². The topological polar surface area (TPSA) is 89.8 Å². The third-order valence-corrected chi connectivity index (χ3v) is 4.44. The number of aromatic carboxylic acids is 1. The van der Waals surface area contributed by atoms with Crippen molar-refractivity contribution in [3.8, 4) is 0 Å². The number of alkyl halides is 2. The molecule has 0 fully saturated rings. The van der Waals surface area contributed by atoms with Crippen LogP contribution in [0.3, 0.4) is 0 Å². The molecule has 0 aliphatic carbocycles. The molecule has 0 aliphatic rings. The highest BCUT2D eigenvalue weighted by atomic mass is 19.3. The molecule has 0 atom stereocenters. The van der Waals surface area contributed by atoms with E-state index in [9.17, 15) is 28.9 Å². The number of aliphatic hydroxyl groups excluding tert-OH is 1. The molecule has 2 rings (SSSR count). The van der Waals surface area contributed by atoms with Gasteiger partial charge in [-0.05, 0) is 54.7 Å². The zero-order valence-electron chi connectivity index (χ0n) is 15.6. The molecule has 0 heterocycles. The van der Waals surface area contributed by atoms with Gasteiger partial charge >= 0.3 is 5.97 Å². The zero-order chi connectivity index (χ0) is 20.8. The fraction of sp³-hybridized carbons (Fsp3) is 0.286. The summed E-state index contributed by atoms with van der Waals surface area (Å²) < 4.78 is 27.6. The number of hydrogen-bond donors (Lipinski definition) is 4. The molecule has 4 N–H and O–H groups in total. The number of halogens is 2. The van der Waals surface area contributed by atoms with Crippen LogP contribution in [0, 0.1) is 6.92 Å². The lowest BCUT2D eigenvalue weighted by molar-refractivity contribution is -0.00974. The fourth-order valence-electron chi connectivity index (χ4n) is 3.05. The van der Waals surface area contributed by atoms with E-state index in [1.807, 2.05) is 6.92 Å². The Bertz CT molecular complexity index is 879. The molecule has 0 radical (unpaired) electrons. The highest BCUT2D eigenvalue weighted by Crippen LogP contribution is 2.34. The summed E-state index contributed by atoms with van der Waals surface area (Å²) in [6.07, 6.45) is -2.36. The maximum atomic E-state index is 13.8. The molecule has 0 aliphatic heterocycles. The number of carboxylic acid groups (broad SMARTS) is 1. The molecule has 0 bridgehead atoms. The van der Waals surface area contributed by atoms with Gasteiger partial charge in [-0.25, -0.2) is 13.6 Å². The van der Waals surface area contributed by atoms with Crippen molar-refractivity contribution in [1.29, 1.82) is 0 Å². The summed E-state index contributed by atoms with van der Waals surface area (Å²) in [5.74, 6) is -1.13. The number of rotatable bonds is 8. The van der Waals surface area contributed by atoms with Crippen molar-refractivity contribution in [1.82, 2.24) is 0 Å². The first-order valence-corrected chi connectivity index (χ1v) is 8.81. The number of nitrogens with one attached hydrogen (secondary N) is 1. The number of carbonyl (C=O) groups is 1. The molecule has 0 amide bonds. The molecular weight excluding hydrogens is 368 g/mol. The first-order valence-electron chi connectivity index (χ1n) is 8.81. The van der Waals surface area contributed by atoms with Gasteiger partial charge in [0.25, 0.3) is 6.43 Å². The molecule has 0 unspecified atom stereocenters. The molecule has 28 heavy (non-hydrogen) atoms. The Labute approximate surface area is 162 Å². The Morgan fingerprint density at radius 2 is 1.82 bits per heavy atom. The van der Waals surface area contributed by atoms with Crippen molar-refractivity contribution in [2.45, 2.75) is 39.4 Å². The van der Waals surface area contributed by atoms with Crippen molar-refractivity contribution in [2.24, 2.45) is 0 Å². The summed E-state index contributed by atoms with van der Waals surface area (Å²) >= 11 is 0. The van der Waals surface area contributed by atoms with Gasteiger partial charge in [-0.15, -0.1) is 0 Å². The maximum absolute atomic E-state index is 13.8. The van der Waals surface area contributed by atoms with Gasteiger partial charge in [0.05, 0.1) is 11.3 Å². The van der Waals surface area contributed by atoms with Crippen molar-refractivity contribution in [3.63, 3.8) is 0 Å². The first-order chi connectivity index (χ1) is 13.3. The van der Waals surface area contributed by atoms with Crippen molar-refractivity contribution >= 4 is 17.3 Å². The lowest BCUT2D eigenvalue weighted by atomic mass is 9.94. The largest absolute Gasteiger partial charge is 0.478 e. The number of hydrogen-bond acceptors (Lipinski definition) is 4. The first kappa shape index (κ1) is 21.5. The van der Waals surface area contributed by atoms with E-state index < -0.39 is 18.7 Å². The van der Waals surface area contributed by atoms with Gasteiger partial charge in [-0.2, -0.15) is 0 Å². The van der Waals surface area contributed by atoms with E-state index in [2.05, 4.69) is 5.32 Å². The van der Waals surface area contributed by atoms with Crippen molar-refractivity contribution in [3.05, 3.63) is 70.3 Å². The summed E-state index contributed by atoms with van der Waals surface area (Å²) in [5.41, 5.74) is 1.29. The molecule has 2 aromatic carbocycles. The third kappa shape index (κ3) is 4.94. The fourth-order valence-corrected chi connectivity index (χ4v) is 3.05. The molecule has 0 aromatic heterocycles. The number of allylic oxidation sites excluding steroid dienone is 1. The Balaban J connectivity index is 2.46. The normalized spacial score (nSPS) is 11.9. The SMILES string of the molecule is CCC=C(Cc1ccc(Nc2ccccc2C(=O)O)c(C)c1C(F)F)C(O)O. The number of carboxylic acids is 1. The second-order valence-corrected chi connectivity index (χ2v) is 6.33. The van der Waals surface area contributed by atoms with E-state index in [-0.39, 0.29) is 34.2 Å². The van der Waals surface area contributed by atoms with Crippen LogP contribution in [0.25, 0.3) is 0 Å². The number of aliphatic hydroxyl groups is 2. The van der Waals surface area contributed by atoms with Gasteiger partial charge in [-0.1, -0.05) is 31.2 Å². The van der Waals surface area contributed by atoms with Gasteiger partial charge in [-0.3, -0.25) is 0 Å². The summed E-state index contributed by atoms with van der Waals surface area (Å²) in [6, 6.07) is 9.29. The predicted molar refractivity (Wildman–Crippen MR) is 103 cm³/mol. The minimum absolute atomic E-state index is 0.0159. The summed E-state index contributed by atoms with van der Waals surface area (Å²) in [7, 11) is 0. The zero-order valence-corrected chi connectivity index (χ0v) is 15.6. The van der Waals surface area contributed by atoms with E-state index in [0.29, 0.717) is 17.8 Å². The van der Waals surface area contributed by atoms with Gasteiger partial charge < -0.3 is 20.6 Å². The minimum atomic E-state index is -2.77. The average molecular weight is 391 g/mol. The lowest BCUT2D eigenvalue weighted by Crippen LogP contribution is -2.13. The van der Waals surface area contributed by atoms with E-state index in [0.717, 1.165) is 0 Å². The minimum Gasteiger partial charge on any atom is -0.478 e. The predicted octanol–water partition coefficient (Wildman–Crippen LogP) is 4.56. The Morgan fingerprint density at radius 1 is 1.14 bits per heavy atom. The third-order valence-electron chi connectivity index (χ3n) is 4.44. The van der Waals surface area contributed by atoms with Gasteiger partial charge in [0.2, 0.25) is 0 Å². The summed E-state index contributed by atoms with van der Waals surface area (Å²) in [4.78, 5) is 11.4. The summed E-state index contributed by atoms with van der Waals surface area (Å²) in [6.45, 7) is 3.34. The quantitative estimate of drug-likeness (QED) is 0.391. The van der Waals surface area contributed by atoms with Crippen molar-refractivity contribution < 1.29 is 28.9 Å².